The molecule has 0 radical (unpaired) electrons. The van der Waals surface area contributed by atoms with Crippen LogP contribution in [0.3, 0.4) is 0 Å². The van der Waals surface area contributed by atoms with Crippen LogP contribution in [0.15, 0.2) is 298 Å². The molecule has 12 aromatic carbocycles. The zero-order valence-electron chi connectivity index (χ0n) is 47.3. The number of nitrogens with one attached hydrogen (secondary N) is 1. The Labute approximate surface area is 498 Å². The third-order valence-electron chi connectivity index (χ3n) is 17.9. The highest BCUT2D eigenvalue weighted by Crippen LogP contribution is 2.54. The average Bonchev–Trinajstić information content (AvgIpc) is 1.52. The Bertz CT molecular complexity index is 5040. The van der Waals surface area contributed by atoms with E-state index in [4.69, 9.17) is 13.3 Å². The van der Waals surface area contributed by atoms with Crippen LogP contribution in [0.4, 0.5) is 45.5 Å². The van der Waals surface area contributed by atoms with Crippen molar-refractivity contribution < 1.29 is 13.3 Å². The monoisotopic (exact) mass is 1100 g/mol. The third-order valence-corrected chi connectivity index (χ3v) is 17.9. The number of anilines is 8. The maximum atomic E-state index is 6.48. The van der Waals surface area contributed by atoms with Crippen molar-refractivity contribution >= 4 is 112 Å². The number of nitrogens with zero attached hydrogens (tertiary/aromatic N) is 2. The number of hydrogen-bond donors (Lipinski definition) is 1. The molecule has 1 aliphatic heterocycles. The van der Waals surface area contributed by atoms with Crippen LogP contribution in [0.5, 0.6) is 0 Å². The quantitative estimate of drug-likeness (QED) is 0.138. The van der Waals surface area contributed by atoms with Crippen molar-refractivity contribution in [3.8, 4) is 45.1 Å². The van der Waals surface area contributed by atoms with E-state index in [2.05, 4.69) is 272 Å². The molecule has 4 heterocycles. The molecule has 1 N–H and O–H groups in total. The van der Waals surface area contributed by atoms with Gasteiger partial charge in [0.2, 0.25) is 6.71 Å². The second-order valence-electron chi connectivity index (χ2n) is 23.3. The molecule has 0 spiro atoms. The molecule has 0 saturated heterocycles. The van der Waals surface area contributed by atoms with E-state index in [9.17, 15) is 0 Å². The number of rotatable bonds is 10. The maximum Gasteiger partial charge on any atom is 0.249 e. The maximum absolute atomic E-state index is 6.48. The second kappa shape index (κ2) is 19.5. The van der Waals surface area contributed by atoms with E-state index in [1.165, 1.54) is 44.0 Å². The van der Waals surface area contributed by atoms with Gasteiger partial charge < -0.3 is 28.4 Å². The Morgan fingerprint density at radius 1 is 0.407 bits per heavy atom. The summed E-state index contributed by atoms with van der Waals surface area (Å²) in [6, 6.07) is 103. The van der Waals surface area contributed by atoms with Crippen molar-refractivity contribution in [1.82, 2.24) is 0 Å². The van der Waals surface area contributed by atoms with Crippen molar-refractivity contribution in [2.75, 3.05) is 15.1 Å². The number of fused-ring (bicyclic) bond motifs is 10. The fourth-order valence-electron chi connectivity index (χ4n) is 13.7. The summed E-state index contributed by atoms with van der Waals surface area (Å²) in [4.78, 5) is 4.90. The van der Waals surface area contributed by atoms with Crippen molar-refractivity contribution in [3.63, 3.8) is 0 Å². The fraction of sp³-hybridized carbons (Fsp3) is 0.0380. The number of hydrogen-bond acceptors (Lipinski definition) is 6. The molecular weight excluding hydrogens is 1050 g/mol. The summed E-state index contributed by atoms with van der Waals surface area (Å²) in [7, 11) is 0. The van der Waals surface area contributed by atoms with Crippen molar-refractivity contribution in [2.45, 2.75) is 19.3 Å². The van der Waals surface area contributed by atoms with Gasteiger partial charge in [0, 0.05) is 78.1 Å². The average molecular weight is 1100 g/mol. The highest BCUT2D eigenvalue weighted by molar-refractivity contribution is 6.99. The number of furan rings is 3. The van der Waals surface area contributed by atoms with E-state index >= 15 is 0 Å². The Kier molecular flexibility index (Phi) is 11.3. The Balaban J connectivity index is 0.894. The highest BCUT2D eigenvalue weighted by Gasteiger charge is 2.40. The number of benzene rings is 12. The summed E-state index contributed by atoms with van der Waals surface area (Å²) in [6.07, 6.45) is 0. The SMILES string of the molecule is CC1(C)c2cc(N(c3ccc(-c4cc5ccccc5o4)cc3)c3cc(Nc4ccc(-c5cc6ccccc6o5)cc4)c4c(c3)N(c3ccc(-c5cc6ccccc6o5)cc3)c3ccccc3B4c3ccccc3)ccc2-c2c1ccc1ccccc21. The van der Waals surface area contributed by atoms with Gasteiger partial charge in [-0.25, -0.2) is 0 Å². The Morgan fingerprint density at radius 2 is 0.942 bits per heavy atom. The molecule has 17 rings (SSSR count). The lowest BCUT2D eigenvalue weighted by Crippen LogP contribution is -2.57. The summed E-state index contributed by atoms with van der Waals surface area (Å²) in [5.41, 5.74) is 22.2. The van der Waals surface area contributed by atoms with Gasteiger partial charge in [-0.2, -0.15) is 0 Å². The van der Waals surface area contributed by atoms with Gasteiger partial charge in [0.1, 0.15) is 34.0 Å². The molecule has 0 unspecified atom stereocenters. The first-order chi connectivity index (χ1) is 42.3. The van der Waals surface area contributed by atoms with Crippen LogP contribution in [0.1, 0.15) is 25.0 Å². The predicted octanol–water partition coefficient (Wildman–Crippen LogP) is 19.9. The van der Waals surface area contributed by atoms with Crippen LogP contribution >= 0.6 is 0 Å². The first-order valence-electron chi connectivity index (χ1n) is 29.5. The van der Waals surface area contributed by atoms with Crippen molar-refractivity contribution in [2.24, 2.45) is 0 Å². The first kappa shape index (κ1) is 49.6. The molecule has 3 aromatic heterocycles. The smallest absolute Gasteiger partial charge is 0.249 e. The minimum atomic E-state index is -0.281. The molecular formula is C79H54BN3O3. The van der Waals surface area contributed by atoms with Gasteiger partial charge in [-0.1, -0.05) is 165 Å². The zero-order valence-corrected chi connectivity index (χ0v) is 47.3. The summed E-state index contributed by atoms with van der Waals surface area (Å²) in [6.45, 7) is 4.61. The normalized spacial score (nSPS) is 13.0. The largest absolute Gasteiger partial charge is 0.456 e. The van der Waals surface area contributed by atoms with E-state index in [0.29, 0.717) is 0 Å². The van der Waals surface area contributed by atoms with Gasteiger partial charge in [0.05, 0.1) is 5.69 Å². The van der Waals surface area contributed by atoms with E-state index in [1.54, 1.807) is 0 Å². The van der Waals surface area contributed by atoms with E-state index < -0.39 is 0 Å². The van der Waals surface area contributed by atoms with Crippen molar-refractivity contribution in [1.29, 1.82) is 0 Å². The van der Waals surface area contributed by atoms with Gasteiger partial charge in [-0.05, 0) is 183 Å². The summed E-state index contributed by atoms with van der Waals surface area (Å²) in [5, 5.41) is 9.85. The lowest BCUT2D eigenvalue weighted by atomic mass is 9.34. The molecule has 0 amide bonds. The highest BCUT2D eigenvalue weighted by atomic mass is 16.3. The minimum absolute atomic E-state index is 0.148. The van der Waals surface area contributed by atoms with Gasteiger partial charge in [-0.3, -0.25) is 0 Å². The van der Waals surface area contributed by atoms with Crippen LogP contribution in [0, 0.1) is 0 Å². The molecule has 0 saturated carbocycles. The molecule has 0 atom stereocenters. The summed E-state index contributed by atoms with van der Waals surface area (Å²) in [5.74, 6) is 2.49. The lowest BCUT2D eigenvalue weighted by molar-refractivity contribution is 0.631. The van der Waals surface area contributed by atoms with Crippen LogP contribution in [0.25, 0.3) is 88.8 Å². The molecule has 1 aliphatic carbocycles. The molecule has 15 aromatic rings. The van der Waals surface area contributed by atoms with E-state index in [0.717, 1.165) is 118 Å². The topological polar surface area (TPSA) is 57.9 Å². The second-order valence-corrected chi connectivity index (χ2v) is 23.3. The molecule has 6 nitrogen and oxygen atoms in total. The standard InChI is InChI=1S/C79H54BN3O3/c1-79(2)65-43-34-50-16-6-10-22-63(50)77(65)64-42-41-61(47-66(64)79)82(59-37-30-52(31-38-59)75-45-55-18-8-14-26-72(55)85-75)62-48-68(81-58-35-28-51(29-36-58)74-44-54-17-7-13-25-71(54)84-74)78-70(49-62)83(69-24-12-11-23-67(69)80(78)57-20-4-3-5-21-57)60-39-32-53(33-40-60)76-46-56-19-9-15-27-73(56)86-76/h3-49,81H,1-2H3. The fourth-order valence-corrected chi connectivity index (χ4v) is 13.7. The van der Waals surface area contributed by atoms with E-state index in [1.807, 2.05) is 42.5 Å². The summed E-state index contributed by atoms with van der Waals surface area (Å²) >= 11 is 0. The molecule has 86 heavy (non-hydrogen) atoms. The van der Waals surface area contributed by atoms with Gasteiger partial charge in [-0.15, -0.1) is 0 Å². The van der Waals surface area contributed by atoms with Crippen LogP contribution in [-0.4, -0.2) is 6.71 Å². The minimum Gasteiger partial charge on any atom is -0.456 e. The molecule has 7 heteroatoms. The zero-order chi connectivity index (χ0) is 57.0. The molecule has 2 aliphatic rings. The molecule has 0 bridgehead atoms. The van der Waals surface area contributed by atoms with Gasteiger partial charge in [0.25, 0.3) is 0 Å². The first-order valence-corrected chi connectivity index (χ1v) is 29.5. The van der Waals surface area contributed by atoms with Crippen LogP contribution < -0.4 is 31.5 Å². The molecule has 406 valence electrons. The summed E-state index contributed by atoms with van der Waals surface area (Å²) < 4.78 is 19.3. The number of para-hydroxylation sites is 4. The van der Waals surface area contributed by atoms with Gasteiger partial charge >= 0.3 is 0 Å². The Morgan fingerprint density at radius 3 is 1.57 bits per heavy atom. The van der Waals surface area contributed by atoms with Gasteiger partial charge in [0.15, 0.2) is 0 Å². The van der Waals surface area contributed by atoms with Crippen LogP contribution in [0.2, 0.25) is 0 Å². The third kappa shape index (κ3) is 8.11. The molecule has 0 fully saturated rings. The lowest BCUT2D eigenvalue weighted by Gasteiger charge is -2.39. The predicted molar refractivity (Wildman–Crippen MR) is 357 cm³/mol. The van der Waals surface area contributed by atoms with Crippen LogP contribution in [-0.2, 0) is 5.41 Å². The Hall–Kier alpha value is -11.0. The van der Waals surface area contributed by atoms with Crippen molar-refractivity contribution in [3.05, 3.63) is 296 Å². The van der Waals surface area contributed by atoms with E-state index in [-0.39, 0.29) is 12.1 Å².